The van der Waals surface area contributed by atoms with Crippen LogP contribution < -0.4 is 16.0 Å². The molecule has 3 N–H and O–H groups in total. The Hall–Kier alpha value is -2.22. The Morgan fingerprint density at radius 3 is 2.44 bits per heavy atom. The molecule has 1 aromatic carbocycles. The van der Waals surface area contributed by atoms with Crippen LogP contribution in [0.4, 0.5) is 4.79 Å². The molecule has 3 atom stereocenters. The van der Waals surface area contributed by atoms with Crippen molar-refractivity contribution in [2.24, 2.45) is 0 Å². The van der Waals surface area contributed by atoms with E-state index >= 15 is 0 Å². The maximum atomic E-state index is 12.7. The molecular formula is C17H23N3O4S. The minimum atomic E-state index is -0.968. The van der Waals surface area contributed by atoms with E-state index in [2.05, 4.69) is 28.6 Å². The summed E-state index contributed by atoms with van der Waals surface area (Å²) >= 11 is 4.14. The zero-order valence-electron chi connectivity index (χ0n) is 14.4. The predicted molar refractivity (Wildman–Crippen MR) is 96.3 cm³/mol. The number of β-lactam (4-membered cyclic amide) rings is 1. The average molecular weight is 365 g/mol. The third-order valence-electron chi connectivity index (χ3n) is 3.56. The van der Waals surface area contributed by atoms with E-state index in [1.165, 1.54) is 0 Å². The Labute approximate surface area is 152 Å². The van der Waals surface area contributed by atoms with Crippen LogP contribution in [0, 0.1) is 0 Å². The van der Waals surface area contributed by atoms with Crippen LogP contribution in [0.2, 0.25) is 0 Å². The van der Waals surface area contributed by atoms with Crippen molar-refractivity contribution in [2.45, 2.75) is 44.5 Å². The lowest BCUT2D eigenvalue weighted by atomic mass is 9.99. The second-order valence-electron chi connectivity index (χ2n) is 6.77. The molecule has 1 aliphatic heterocycles. The highest BCUT2D eigenvalue weighted by Crippen LogP contribution is 2.17. The van der Waals surface area contributed by atoms with Crippen molar-refractivity contribution in [3.8, 4) is 0 Å². The van der Waals surface area contributed by atoms with Gasteiger partial charge in [-0.2, -0.15) is 12.6 Å². The first-order valence-electron chi connectivity index (χ1n) is 7.97. The summed E-state index contributed by atoms with van der Waals surface area (Å²) in [5, 5.41) is 7.89. The van der Waals surface area contributed by atoms with Gasteiger partial charge in [-0.15, -0.1) is 0 Å². The highest BCUT2D eigenvalue weighted by atomic mass is 32.1. The molecule has 3 amide bonds. The fourth-order valence-corrected chi connectivity index (χ4v) is 2.67. The summed E-state index contributed by atoms with van der Waals surface area (Å²) in [7, 11) is 0. The molecule has 0 aromatic heterocycles. The Morgan fingerprint density at radius 1 is 1.28 bits per heavy atom. The number of amides is 3. The first kappa shape index (κ1) is 19.1. The number of carbonyl (C=O) groups excluding carboxylic acids is 3. The van der Waals surface area contributed by atoms with Crippen molar-refractivity contribution in [2.75, 3.05) is 5.75 Å². The van der Waals surface area contributed by atoms with E-state index in [1.54, 1.807) is 45.0 Å². The lowest BCUT2D eigenvalue weighted by Crippen LogP contribution is -2.70. The summed E-state index contributed by atoms with van der Waals surface area (Å²) in [5.41, 5.74) is -0.0970. The zero-order chi connectivity index (χ0) is 18.6. The number of rotatable bonds is 5. The number of nitrogens with one attached hydrogen (secondary N) is 3. The van der Waals surface area contributed by atoms with E-state index in [9.17, 15) is 14.4 Å². The van der Waals surface area contributed by atoms with Gasteiger partial charge < -0.3 is 20.7 Å². The van der Waals surface area contributed by atoms with Gasteiger partial charge in [0.2, 0.25) is 11.8 Å². The van der Waals surface area contributed by atoms with E-state index in [0.717, 1.165) is 0 Å². The van der Waals surface area contributed by atoms with Crippen molar-refractivity contribution in [1.82, 2.24) is 16.0 Å². The lowest BCUT2D eigenvalue weighted by molar-refractivity contribution is -0.136. The molecule has 1 aliphatic rings. The predicted octanol–water partition coefficient (Wildman–Crippen LogP) is 1.17. The van der Waals surface area contributed by atoms with E-state index in [-0.39, 0.29) is 11.9 Å². The Morgan fingerprint density at radius 2 is 1.92 bits per heavy atom. The van der Waals surface area contributed by atoms with E-state index < -0.39 is 29.7 Å². The first-order valence-corrected chi connectivity index (χ1v) is 8.60. The molecular weight excluding hydrogens is 342 g/mol. The van der Waals surface area contributed by atoms with Gasteiger partial charge in [-0.25, -0.2) is 4.79 Å². The molecule has 0 bridgehead atoms. The fourth-order valence-electron chi connectivity index (χ4n) is 2.37. The smallest absolute Gasteiger partial charge is 0.408 e. The summed E-state index contributed by atoms with van der Waals surface area (Å²) in [6.07, 6.45) is -0.708. The largest absolute Gasteiger partial charge is 0.444 e. The maximum absolute atomic E-state index is 12.7. The highest BCUT2D eigenvalue weighted by molar-refractivity contribution is 7.80. The topological polar surface area (TPSA) is 96.5 Å². The number of ether oxygens (including phenoxy) is 1. The molecule has 2 rings (SSSR count). The molecule has 25 heavy (non-hydrogen) atoms. The fraction of sp³-hybridized carbons (Fsp3) is 0.471. The van der Waals surface area contributed by atoms with Crippen LogP contribution in [-0.4, -0.2) is 41.3 Å². The number of hydrogen-bond acceptors (Lipinski definition) is 5. The van der Waals surface area contributed by atoms with Gasteiger partial charge in [-0.1, -0.05) is 30.3 Å². The molecule has 8 heteroatoms. The van der Waals surface area contributed by atoms with Crippen LogP contribution in [-0.2, 0) is 14.3 Å². The summed E-state index contributed by atoms with van der Waals surface area (Å²) in [6, 6.07) is 6.93. The van der Waals surface area contributed by atoms with Crippen LogP contribution in [0.25, 0.3) is 0 Å². The molecule has 0 saturated carbocycles. The van der Waals surface area contributed by atoms with E-state index in [1.807, 2.05) is 6.07 Å². The molecule has 136 valence electrons. The van der Waals surface area contributed by atoms with Gasteiger partial charge in [0.15, 0.2) is 0 Å². The van der Waals surface area contributed by atoms with Crippen LogP contribution in [0.5, 0.6) is 0 Å². The van der Waals surface area contributed by atoms with Crippen LogP contribution >= 0.6 is 12.6 Å². The Kier molecular flexibility index (Phi) is 5.94. The number of hydrogen-bond donors (Lipinski definition) is 4. The van der Waals surface area contributed by atoms with Crippen molar-refractivity contribution >= 4 is 30.5 Å². The Bertz CT molecular complexity index is 645. The molecule has 3 unspecified atom stereocenters. The summed E-state index contributed by atoms with van der Waals surface area (Å²) in [4.78, 5) is 36.4. The van der Waals surface area contributed by atoms with Gasteiger partial charge in [0.1, 0.15) is 17.7 Å². The SMILES string of the molecule is CC(C)(C)OC(=O)NC(C(=O)NC1C(=O)NC1CS)c1ccccc1. The Balaban J connectivity index is 2.13. The normalized spacial score (nSPS) is 20.7. The molecule has 7 nitrogen and oxygen atoms in total. The molecule has 0 aliphatic carbocycles. The second kappa shape index (κ2) is 7.77. The molecule has 1 aromatic rings. The standard InChI is InChI=1S/C17H23N3O4S/c1-17(2,3)24-16(23)20-12(10-7-5-4-6-8-10)14(21)19-13-11(9-25)18-15(13)22/h4-8,11-13,25H,9H2,1-3H3,(H,18,22)(H,19,21)(H,20,23). The van der Waals surface area contributed by atoms with Gasteiger partial charge in [-0.3, -0.25) is 9.59 Å². The second-order valence-corrected chi connectivity index (χ2v) is 7.14. The first-order chi connectivity index (χ1) is 11.7. The number of thiol groups is 1. The highest BCUT2D eigenvalue weighted by Gasteiger charge is 2.40. The lowest BCUT2D eigenvalue weighted by Gasteiger charge is -2.37. The number of carbonyl (C=O) groups is 3. The quantitative estimate of drug-likeness (QED) is 0.465. The van der Waals surface area contributed by atoms with Crippen LogP contribution in [0.15, 0.2) is 30.3 Å². The minimum Gasteiger partial charge on any atom is -0.444 e. The molecule has 1 heterocycles. The minimum absolute atomic E-state index is 0.224. The van der Waals surface area contributed by atoms with Crippen LogP contribution in [0.1, 0.15) is 32.4 Å². The third-order valence-corrected chi connectivity index (χ3v) is 3.96. The maximum Gasteiger partial charge on any atom is 0.408 e. The van der Waals surface area contributed by atoms with E-state index in [4.69, 9.17) is 4.74 Å². The average Bonchev–Trinajstić information content (AvgIpc) is 2.54. The van der Waals surface area contributed by atoms with Crippen molar-refractivity contribution in [3.63, 3.8) is 0 Å². The summed E-state index contributed by atoms with van der Waals surface area (Å²) in [6.45, 7) is 5.21. The van der Waals surface area contributed by atoms with Gasteiger partial charge in [-0.05, 0) is 26.3 Å². The van der Waals surface area contributed by atoms with Gasteiger partial charge >= 0.3 is 6.09 Å². The zero-order valence-corrected chi connectivity index (χ0v) is 15.3. The number of benzene rings is 1. The molecule has 0 spiro atoms. The van der Waals surface area contributed by atoms with Gasteiger partial charge in [0, 0.05) is 5.75 Å². The third kappa shape index (κ3) is 5.12. The van der Waals surface area contributed by atoms with Gasteiger partial charge in [0.05, 0.1) is 6.04 Å². The summed E-state index contributed by atoms with van der Waals surface area (Å²) in [5.74, 6) is -0.341. The van der Waals surface area contributed by atoms with Gasteiger partial charge in [0.25, 0.3) is 0 Å². The van der Waals surface area contributed by atoms with Crippen LogP contribution in [0.3, 0.4) is 0 Å². The summed E-state index contributed by atoms with van der Waals surface area (Å²) < 4.78 is 5.23. The molecule has 1 fully saturated rings. The number of alkyl carbamates (subject to hydrolysis) is 1. The molecule has 1 saturated heterocycles. The van der Waals surface area contributed by atoms with Crippen molar-refractivity contribution in [3.05, 3.63) is 35.9 Å². The molecule has 0 radical (unpaired) electrons. The van der Waals surface area contributed by atoms with E-state index in [0.29, 0.717) is 11.3 Å². The monoisotopic (exact) mass is 365 g/mol. The van der Waals surface area contributed by atoms with Crippen molar-refractivity contribution in [1.29, 1.82) is 0 Å². The van der Waals surface area contributed by atoms with Crippen molar-refractivity contribution < 1.29 is 19.1 Å².